The lowest BCUT2D eigenvalue weighted by atomic mass is 10.3. The van der Waals surface area contributed by atoms with E-state index in [1.54, 1.807) is 6.07 Å². The van der Waals surface area contributed by atoms with Gasteiger partial charge in [0.25, 0.3) is 0 Å². The molecule has 0 amide bonds. The van der Waals surface area contributed by atoms with Gasteiger partial charge in [0.05, 0.1) is 4.92 Å². The summed E-state index contributed by atoms with van der Waals surface area (Å²) < 4.78 is 0. The van der Waals surface area contributed by atoms with Gasteiger partial charge in [0, 0.05) is 25.7 Å². The van der Waals surface area contributed by atoms with Crippen molar-refractivity contribution in [3.05, 3.63) is 22.2 Å². The molecule has 0 fully saturated rings. The minimum atomic E-state index is -0.385. The first-order chi connectivity index (χ1) is 8.63. The van der Waals surface area contributed by atoms with Crippen molar-refractivity contribution in [2.24, 2.45) is 0 Å². The van der Waals surface area contributed by atoms with Crippen LogP contribution in [0.2, 0.25) is 0 Å². The normalized spacial score (nSPS) is 10.2. The second kappa shape index (κ2) is 6.78. The summed E-state index contributed by atoms with van der Waals surface area (Å²) in [5.74, 6) is 1.12. The zero-order valence-electron chi connectivity index (χ0n) is 11.1. The second-order valence-electron chi connectivity index (χ2n) is 3.90. The number of anilines is 2. The van der Waals surface area contributed by atoms with E-state index < -0.39 is 0 Å². The van der Waals surface area contributed by atoms with Gasteiger partial charge in [-0.15, -0.1) is 0 Å². The Morgan fingerprint density at radius 2 is 2.00 bits per heavy atom. The summed E-state index contributed by atoms with van der Waals surface area (Å²) in [5.41, 5.74) is 0.0562. The Morgan fingerprint density at radius 1 is 1.33 bits per heavy atom. The summed E-state index contributed by atoms with van der Waals surface area (Å²) in [6.45, 7) is 8.18. The van der Waals surface area contributed by atoms with Crippen molar-refractivity contribution in [3.63, 3.8) is 0 Å². The third-order valence-electron chi connectivity index (χ3n) is 2.67. The Morgan fingerprint density at radius 3 is 2.50 bits per heavy atom. The third kappa shape index (κ3) is 3.32. The van der Waals surface area contributed by atoms with Crippen LogP contribution in [0.4, 0.5) is 17.3 Å². The van der Waals surface area contributed by atoms with E-state index in [1.807, 2.05) is 18.7 Å². The van der Waals surface area contributed by atoms with Gasteiger partial charge in [-0.2, -0.15) is 0 Å². The molecule has 1 aromatic heterocycles. The van der Waals surface area contributed by atoms with Crippen LogP contribution in [-0.4, -0.2) is 29.5 Å². The third-order valence-corrected chi connectivity index (χ3v) is 2.67. The molecule has 0 aliphatic heterocycles. The number of aromatic nitrogens is 1. The van der Waals surface area contributed by atoms with Crippen LogP contribution in [0.1, 0.15) is 27.2 Å². The van der Waals surface area contributed by atoms with Crippen LogP contribution in [0.5, 0.6) is 0 Å². The monoisotopic (exact) mass is 252 g/mol. The highest BCUT2D eigenvalue weighted by atomic mass is 16.6. The van der Waals surface area contributed by atoms with E-state index >= 15 is 0 Å². The van der Waals surface area contributed by atoms with Gasteiger partial charge < -0.3 is 10.2 Å². The van der Waals surface area contributed by atoms with Crippen molar-refractivity contribution in [1.29, 1.82) is 0 Å². The van der Waals surface area contributed by atoms with Gasteiger partial charge in [0.2, 0.25) is 5.82 Å². The number of hydrogen-bond donors (Lipinski definition) is 1. The topological polar surface area (TPSA) is 71.3 Å². The average molecular weight is 252 g/mol. The van der Waals surface area contributed by atoms with Crippen molar-refractivity contribution >= 4 is 17.3 Å². The van der Waals surface area contributed by atoms with E-state index in [0.29, 0.717) is 24.7 Å². The maximum absolute atomic E-state index is 11.0. The number of pyridine rings is 1. The summed E-state index contributed by atoms with van der Waals surface area (Å²) in [4.78, 5) is 16.8. The first-order valence-corrected chi connectivity index (χ1v) is 6.28. The molecule has 0 aliphatic rings. The number of nitrogens with zero attached hydrogens (tertiary/aromatic N) is 3. The van der Waals surface area contributed by atoms with E-state index in [1.165, 1.54) is 6.07 Å². The van der Waals surface area contributed by atoms with Gasteiger partial charge in [0.15, 0.2) is 0 Å². The molecule has 1 N–H and O–H groups in total. The van der Waals surface area contributed by atoms with E-state index in [-0.39, 0.29) is 10.6 Å². The Labute approximate surface area is 107 Å². The smallest absolute Gasteiger partial charge is 0.311 e. The molecular weight excluding hydrogens is 232 g/mol. The first kappa shape index (κ1) is 14.2. The van der Waals surface area contributed by atoms with Gasteiger partial charge >= 0.3 is 5.69 Å². The zero-order chi connectivity index (χ0) is 13.5. The fourth-order valence-electron chi connectivity index (χ4n) is 1.69. The lowest BCUT2D eigenvalue weighted by molar-refractivity contribution is -0.384. The number of nitro groups is 1. The molecule has 0 saturated carbocycles. The fraction of sp³-hybridized carbons (Fsp3) is 0.583. The van der Waals surface area contributed by atoms with E-state index in [9.17, 15) is 10.1 Å². The summed E-state index contributed by atoms with van der Waals surface area (Å²) in [6.07, 6.45) is 0.985. The summed E-state index contributed by atoms with van der Waals surface area (Å²) in [5, 5.41) is 14.1. The molecule has 0 radical (unpaired) electrons. The minimum absolute atomic E-state index is 0.0562. The molecule has 6 nitrogen and oxygen atoms in total. The molecule has 0 saturated heterocycles. The van der Waals surface area contributed by atoms with Crippen LogP contribution in [0, 0.1) is 10.1 Å². The summed E-state index contributed by atoms with van der Waals surface area (Å²) >= 11 is 0. The van der Waals surface area contributed by atoms with E-state index in [2.05, 4.69) is 17.2 Å². The highest BCUT2D eigenvalue weighted by Gasteiger charge is 2.19. The maximum Gasteiger partial charge on any atom is 0.311 e. The molecule has 0 aromatic carbocycles. The summed E-state index contributed by atoms with van der Waals surface area (Å²) in [7, 11) is 0. The molecule has 0 aliphatic carbocycles. The van der Waals surface area contributed by atoms with Gasteiger partial charge in [-0.05, 0) is 26.3 Å². The van der Waals surface area contributed by atoms with Crippen LogP contribution >= 0.6 is 0 Å². The average Bonchev–Trinajstić information content (AvgIpc) is 2.37. The first-order valence-electron chi connectivity index (χ1n) is 6.28. The lowest BCUT2D eigenvalue weighted by Crippen LogP contribution is -2.24. The van der Waals surface area contributed by atoms with Crippen molar-refractivity contribution in [2.45, 2.75) is 27.2 Å². The molecule has 18 heavy (non-hydrogen) atoms. The molecule has 0 bridgehead atoms. The molecule has 100 valence electrons. The number of nitrogens with one attached hydrogen (secondary N) is 1. The molecular formula is C12H20N4O2. The highest BCUT2D eigenvalue weighted by Crippen LogP contribution is 2.27. The van der Waals surface area contributed by atoms with Crippen molar-refractivity contribution in [3.8, 4) is 0 Å². The zero-order valence-corrected chi connectivity index (χ0v) is 11.1. The molecule has 0 atom stereocenters. The molecule has 0 spiro atoms. The Kier molecular flexibility index (Phi) is 5.35. The van der Waals surface area contributed by atoms with Crippen LogP contribution < -0.4 is 10.2 Å². The van der Waals surface area contributed by atoms with Crippen LogP contribution in [-0.2, 0) is 0 Å². The Bertz CT molecular complexity index is 405. The van der Waals surface area contributed by atoms with Gasteiger partial charge in [-0.1, -0.05) is 6.92 Å². The molecule has 6 heteroatoms. The maximum atomic E-state index is 11.0. The van der Waals surface area contributed by atoms with E-state index in [0.717, 1.165) is 13.0 Å². The van der Waals surface area contributed by atoms with Crippen molar-refractivity contribution in [1.82, 2.24) is 4.98 Å². The Balaban J connectivity index is 3.10. The lowest BCUT2D eigenvalue weighted by Gasteiger charge is -2.20. The molecule has 1 aromatic rings. The van der Waals surface area contributed by atoms with Crippen LogP contribution in [0.25, 0.3) is 0 Å². The minimum Gasteiger partial charge on any atom is -0.370 e. The SMILES string of the molecule is CCCNc1ccc([N+](=O)[O-])c(N(CC)CC)n1. The second-order valence-corrected chi connectivity index (χ2v) is 3.90. The predicted octanol–water partition coefficient (Wildman–Crippen LogP) is 2.66. The van der Waals surface area contributed by atoms with Crippen molar-refractivity contribution in [2.75, 3.05) is 29.9 Å². The molecule has 1 rings (SSSR count). The predicted molar refractivity (Wildman–Crippen MR) is 73.2 cm³/mol. The van der Waals surface area contributed by atoms with E-state index in [4.69, 9.17) is 0 Å². The largest absolute Gasteiger partial charge is 0.370 e. The number of rotatable bonds is 7. The van der Waals surface area contributed by atoms with Crippen LogP contribution in [0.15, 0.2) is 12.1 Å². The highest BCUT2D eigenvalue weighted by molar-refractivity contribution is 5.61. The van der Waals surface area contributed by atoms with Gasteiger partial charge in [-0.25, -0.2) is 4.98 Å². The molecule has 1 heterocycles. The summed E-state index contributed by atoms with van der Waals surface area (Å²) in [6, 6.07) is 3.17. The van der Waals surface area contributed by atoms with Gasteiger partial charge in [0.1, 0.15) is 5.82 Å². The van der Waals surface area contributed by atoms with Crippen LogP contribution in [0.3, 0.4) is 0 Å². The quantitative estimate of drug-likeness (QED) is 0.596. The number of hydrogen-bond acceptors (Lipinski definition) is 5. The van der Waals surface area contributed by atoms with Gasteiger partial charge in [-0.3, -0.25) is 10.1 Å². The van der Waals surface area contributed by atoms with Crippen molar-refractivity contribution < 1.29 is 4.92 Å². The molecule has 0 unspecified atom stereocenters. The Hall–Kier alpha value is -1.85. The fourth-order valence-corrected chi connectivity index (χ4v) is 1.69. The standard InChI is InChI=1S/C12H20N4O2/c1-4-9-13-11-8-7-10(16(17)18)12(14-11)15(5-2)6-3/h7-8H,4-6,9H2,1-3H3,(H,13,14).